The number of aryl methyl sites for hydroxylation is 2. The molecule has 0 bridgehead atoms. The van der Waals surface area contributed by atoms with Gasteiger partial charge in [0.25, 0.3) is 11.8 Å². The molecule has 8 nitrogen and oxygen atoms in total. The van der Waals surface area contributed by atoms with Gasteiger partial charge in [0.1, 0.15) is 0 Å². The van der Waals surface area contributed by atoms with Crippen molar-refractivity contribution in [1.82, 2.24) is 21.7 Å². The number of benzene rings is 2. The Labute approximate surface area is 169 Å². The van der Waals surface area contributed by atoms with E-state index < -0.39 is 23.6 Å². The number of hydrazine groups is 2. The fraction of sp³-hybridized carbons (Fsp3) is 0.238. The van der Waals surface area contributed by atoms with Gasteiger partial charge in [-0.15, -0.1) is 0 Å². The largest absolute Gasteiger partial charge is 0.273 e. The minimum Gasteiger partial charge on any atom is -0.273 e. The molecule has 0 saturated heterocycles. The second kappa shape index (κ2) is 10.6. The molecule has 8 heteroatoms. The molecule has 0 saturated carbocycles. The van der Waals surface area contributed by atoms with Gasteiger partial charge in [-0.2, -0.15) is 0 Å². The summed E-state index contributed by atoms with van der Waals surface area (Å²) in [7, 11) is 0. The lowest BCUT2D eigenvalue weighted by molar-refractivity contribution is -0.123. The highest BCUT2D eigenvalue weighted by Crippen LogP contribution is 2.04. The van der Waals surface area contributed by atoms with Crippen LogP contribution in [0.5, 0.6) is 0 Å². The maximum absolute atomic E-state index is 11.9. The molecule has 2 aromatic carbocycles. The predicted molar refractivity (Wildman–Crippen MR) is 107 cm³/mol. The van der Waals surface area contributed by atoms with E-state index in [-0.39, 0.29) is 19.3 Å². The van der Waals surface area contributed by atoms with Crippen molar-refractivity contribution in [2.75, 3.05) is 0 Å². The summed E-state index contributed by atoms with van der Waals surface area (Å²) in [5.41, 5.74) is 12.0. The Morgan fingerprint density at radius 1 is 0.655 bits per heavy atom. The number of rotatable bonds is 6. The molecule has 0 heterocycles. The van der Waals surface area contributed by atoms with Crippen LogP contribution in [0.25, 0.3) is 0 Å². The van der Waals surface area contributed by atoms with E-state index in [2.05, 4.69) is 21.7 Å². The van der Waals surface area contributed by atoms with E-state index in [0.717, 1.165) is 11.1 Å². The van der Waals surface area contributed by atoms with Crippen LogP contribution in [0.2, 0.25) is 0 Å². The van der Waals surface area contributed by atoms with Crippen LogP contribution in [-0.2, 0) is 9.59 Å². The average molecular weight is 396 g/mol. The summed E-state index contributed by atoms with van der Waals surface area (Å²) in [6.45, 7) is 3.73. The first-order valence-corrected chi connectivity index (χ1v) is 9.17. The highest BCUT2D eigenvalue weighted by molar-refractivity contribution is 5.96. The Balaban J connectivity index is 1.63. The van der Waals surface area contributed by atoms with Crippen molar-refractivity contribution >= 4 is 23.6 Å². The first-order chi connectivity index (χ1) is 13.8. The van der Waals surface area contributed by atoms with Crippen LogP contribution in [0.4, 0.5) is 0 Å². The number of carbonyl (C=O) groups is 4. The van der Waals surface area contributed by atoms with Crippen molar-refractivity contribution in [2.45, 2.75) is 33.1 Å². The molecule has 29 heavy (non-hydrogen) atoms. The van der Waals surface area contributed by atoms with Gasteiger partial charge in [-0.3, -0.25) is 40.9 Å². The smallest absolute Gasteiger partial charge is 0.269 e. The zero-order valence-corrected chi connectivity index (χ0v) is 16.4. The van der Waals surface area contributed by atoms with Gasteiger partial charge in [-0.25, -0.2) is 0 Å². The second-order valence-corrected chi connectivity index (χ2v) is 6.60. The van der Waals surface area contributed by atoms with Crippen LogP contribution < -0.4 is 21.7 Å². The summed E-state index contributed by atoms with van der Waals surface area (Å²) in [6.07, 6.45) is 0.360. The third-order valence-corrected chi connectivity index (χ3v) is 4.00. The van der Waals surface area contributed by atoms with E-state index in [1.165, 1.54) is 0 Å². The van der Waals surface area contributed by atoms with Crippen LogP contribution in [0.3, 0.4) is 0 Å². The summed E-state index contributed by atoms with van der Waals surface area (Å²) in [5, 5.41) is 0. The fourth-order valence-corrected chi connectivity index (χ4v) is 2.50. The third kappa shape index (κ3) is 7.45. The molecule has 0 unspecified atom stereocenters. The molecule has 0 fully saturated rings. The van der Waals surface area contributed by atoms with Crippen molar-refractivity contribution in [3.8, 4) is 0 Å². The van der Waals surface area contributed by atoms with E-state index in [4.69, 9.17) is 0 Å². The van der Waals surface area contributed by atoms with Gasteiger partial charge in [0, 0.05) is 24.0 Å². The molecular formula is C21H24N4O4. The zero-order valence-electron chi connectivity index (χ0n) is 16.4. The lowest BCUT2D eigenvalue weighted by atomic mass is 10.1. The van der Waals surface area contributed by atoms with Crippen LogP contribution >= 0.6 is 0 Å². The molecule has 152 valence electrons. The second-order valence-electron chi connectivity index (χ2n) is 6.60. The Bertz CT molecular complexity index is 838. The third-order valence-electron chi connectivity index (χ3n) is 4.00. The van der Waals surface area contributed by atoms with Gasteiger partial charge in [0.05, 0.1) is 0 Å². The summed E-state index contributed by atoms with van der Waals surface area (Å²) >= 11 is 0. The quantitative estimate of drug-likeness (QED) is 0.556. The van der Waals surface area contributed by atoms with Crippen molar-refractivity contribution in [3.05, 3.63) is 70.8 Å². The normalized spacial score (nSPS) is 10.0. The van der Waals surface area contributed by atoms with Gasteiger partial charge in [-0.1, -0.05) is 35.4 Å². The van der Waals surface area contributed by atoms with E-state index in [1.54, 1.807) is 36.4 Å². The first-order valence-electron chi connectivity index (χ1n) is 9.17. The van der Waals surface area contributed by atoms with Crippen molar-refractivity contribution in [2.24, 2.45) is 0 Å². The topological polar surface area (TPSA) is 116 Å². The van der Waals surface area contributed by atoms with E-state index in [0.29, 0.717) is 11.1 Å². The zero-order chi connectivity index (χ0) is 21.2. The number of nitrogens with one attached hydrogen (secondary N) is 4. The van der Waals surface area contributed by atoms with Crippen molar-refractivity contribution in [3.63, 3.8) is 0 Å². The molecule has 0 atom stereocenters. The lowest BCUT2D eigenvalue weighted by Gasteiger charge is -2.09. The monoisotopic (exact) mass is 396 g/mol. The summed E-state index contributed by atoms with van der Waals surface area (Å²) in [6, 6.07) is 13.9. The van der Waals surface area contributed by atoms with E-state index in [9.17, 15) is 19.2 Å². The molecule has 4 N–H and O–H groups in total. The van der Waals surface area contributed by atoms with Gasteiger partial charge in [-0.05, 0) is 44.5 Å². The SMILES string of the molecule is Cc1cccc(C(=O)NNC(=O)CCCC(=O)NNC(=O)c2cccc(C)c2)c1. The Hall–Kier alpha value is -3.68. The molecule has 0 spiro atoms. The standard InChI is InChI=1S/C21H24N4O4/c1-14-6-3-8-16(12-14)20(28)24-22-18(26)10-5-11-19(27)23-25-21(29)17-9-4-7-15(2)13-17/h3-4,6-9,12-13H,5,10-11H2,1-2H3,(H,22,26)(H,23,27)(H,24,28)(H,25,29). The van der Waals surface area contributed by atoms with Gasteiger partial charge < -0.3 is 0 Å². The summed E-state index contributed by atoms with van der Waals surface area (Å²) in [5.74, 6) is -1.66. The number of hydrogen-bond donors (Lipinski definition) is 4. The predicted octanol–water partition coefficient (Wildman–Crippen LogP) is 1.70. The first kappa shape index (κ1) is 21.6. The Morgan fingerprint density at radius 3 is 1.45 bits per heavy atom. The van der Waals surface area contributed by atoms with E-state index in [1.807, 2.05) is 26.0 Å². The molecule has 0 aliphatic heterocycles. The Morgan fingerprint density at radius 2 is 1.07 bits per heavy atom. The number of carbonyl (C=O) groups excluding carboxylic acids is 4. The molecule has 0 aromatic heterocycles. The lowest BCUT2D eigenvalue weighted by Crippen LogP contribution is -2.42. The number of hydrogen-bond acceptors (Lipinski definition) is 4. The maximum Gasteiger partial charge on any atom is 0.269 e. The Kier molecular flexibility index (Phi) is 7.90. The van der Waals surface area contributed by atoms with Gasteiger partial charge in [0.2, 0.25) is 11.8 Å². The van der Waals surface area contributed by atoms with Crippen molar-refractivity contribution in [1.29, 1.82) is 0 Å². The fourth-order valence-electron chi connectivity index (χ4n) is 2.50. The molecule has 0 aliphatic rings. The minimum atomic E-state index is -0.418. The van der Waals surface area contributed by atoms with Gasteiger partial charge in [0.15, 0.2) is 0 Å². The van der Waals surface area contributed by atoms with Crippen LogP contribution in [-0.4, -0.2) is 23.6 Å². The summed E-state index contributed by atoms with van der Waals surface area (Å²) < 4.78 is 0. The van der Waals surface area contributed by atoms with Crippen LogP contribution in [0.1, 0.15) is 51.1 Å². The van der Waals surface area contributed by atoms with Crippen LogP contribution in [0.15, 0.2) is 48.5 Å². The molecule has 0 aliphatic carbocycles. The summed E-state index contributed by atoms with van der Waals surface area (Å²) in [4.78, 5) is 47.4. The van der Waals surface area contributed by atoms with Crippen LogP contribution in [0, 0.1) is 13.8 Å². The maximum atomic E-state index is 11.9. The van der Waals surface area contributed by atoms with Gasteiger partial charge >= 0.3 is 0 Å². The molecular weight excluding hydrogens is 372 g/mol. The molecule has 4 amide bonds. The average Bonchev–Trinajstić information content (AvgIpc) is 2.70. The molecule has 2 aromatic rings. The van der Waals surface area contributed by atoms with Crippen molar-refractivity contribution < 1.29 is 19.2 Å². The molecule has 0 radical (unpaired) electrons. The number of amides is 4. The highest BCUT2D eigenvalue weighted by Gasteiger charge is 2.10. The van der Waals surface area contributed by atoms with E-state index >= 15 is 0 Å². The highest BCUT2D eigenvalue weighted by atomic mass is 16.2. The molecule has 2 rings (SSSR count). The minimum absolute atomic E-state index is 0.0490.